The van der Waals surface area contributed by atoms with Gasteiger partial charge in [0.1, 0.15) is 47.2 Å². The maximum absolute atomic E-state index is 13.9. The first-order chi connectivity index (χ1) is 14.4. The van der Waals surface area contributed by atoms with E-state index in [9.17, 15) is 9.65 Å². The topological polar surface area (TPSA) is 121 Å². The number of fused-ring (bicyclic) bond motifs is 6. The molecule has 2 aliphatic rings. The number of nitriles is 1. The van der Waals surface area contributed by atoms with E-state index in [-0.39, 0.29) is 35.5 Å². The van der Waals surface area contributed by atoms with Gasteiger partial charge in [0, 0.05) is 19.0 Å². The monoisotopic (exact) mass is 408 g/mol. The van der Waals surface area contributed by atoms with Crippen molar-refractivity contribution >= 4 is 5.82 Å². The summed E-state index contributed by atoms with van der Waals surface area (Å²) in [5, 5.41) is 13.9. The molecule has 0 spiro atoms. The van der Waals surface area contributed by atoms with Crippen molar-refractivity contribution < 1.29 is 18.6 Å². The van der Waals surface area contributed by atoms with E-state index in [0.717, 1.165) is 0 Å². The van der Waals surface area contributed by atoms with Crippen LogP contribution in [0.25, 0.3) is 11.3 Å². The second-order valence-corrected chi connectivity index (χ2v) is 7.20. The van der Waals surface area contributed by atoms with Crippen molar-refractivity contribution in [3.63, 3.8) is 0 Å². The van der Waals surface area contributed by atoms with Crippen LogP contribution in [0.4, 0.5) is 10.2 Å². The minimum absolute atomic E-state index is 0.0540. The molecule has 2 bridgehead atoms. The number of hydrogen-bond acceptors (Lipinski definition) is 8. The summed E-state index contributed by atoms with van der Waals surface area (Å²) in [6.07, 6.45) is 0.947. The van der Waals surface area contributed by atoms with E-state index < -0.39 is 11.9 Å². The Morgan fingerprint density at radius 2 is 2.03 bits per heavy atom. The van der Waals surface area contributed by atoms with Gasteiger partial charge in [-0.1, -0.05) is 0 Å². The lowest BCUT2D eigenvalue weighted by Crippen LogP contribution is -2.13. The van der Waals surface area contributed by atoms with Crippen LogP contribution in [-0.4, -0.2) is 32.0 Å². The molecule has 9 nitrogen and oxygen atoms in total. The molecular formula is C20H17FN6O3. The van der Waals surface area contributed by atoms with Gasteiger partial charge < -0.3 is 19.9 Å². The molecule has 152 valence electrons. The van der Waals surface area contributed by atoms with Gasteiger partial charge in [-0.25, -0.2) is 14.4 Å². The molecule has 1 fully saturated rings. The largest absolute Gasteiger partial charge is 0.486 e. The fraction of sp³-hybridized carbons (Fsp3) is 0.300. The van der Waals surface area contributed by atoms with Crippen molar-refractivity contribution in [1.29, 1.82) is 5.26 Å². The molecule has 3 atom stereocenters. The van der Waals surface area contributed by atoms with Crippen molar-refractivity contribution in [2.45, 2.75) is 31.7 Å². The van der Waals surface area contributed by atoms with E-state index in [1.54, 1.807) is 20.0 Å². The van der Waals surface area contributed by atoms with E-state index in [1.807, 2.05) is 0 Å². The van der Waals surface area contributed by atoms with E-state index in [1.165, 1.54) is 23.0 Å². The number of rotatable bonds is 0. The summed E-state index contributed by atoms with van der Waals surface area (Å²) in [6, 6.07) is 6.36. The zero-order valence-corrected chi connectivity index (χ0v) is 16.2. The average Bonchev–Trinajstić information content (AvgIpc) is 3.36. The number of ether oxygens (including phenoxy) is 3. The molecule has 2 unspecified atom stereocenters. The maximum atomic E-state index is 13.9. The van der Waals surface area contributed by atoms with Crippen molar-refractivity contribution in [2.75, 3.05) is 5.73 Å². The predicted molar refractivity (Wildman–Crippen MR) is 102 cm³/mol. The number of nitrogens with zero attached hydrogens (tertiary/aromatic N) is 5. The number of aryl methyl sites for hydroxylation is 1. The molecule has 2 N–H and O–H groups in total. The van der Waals surface area contributed by atoms with Crippen molar-refractivity contribution in [1.82, 2.24) is 19.7 Å². The first-order valence-electron chi connectivity index (χ1n) is 9.34. The molecular weight excluding hydrogens is 391 g/mol. The molecule has 2 aromatic heterocycles. The van der Waals surface area contributed by atoms with Crippen LogP contribution in [0.5, 0.6) is 17.5 Å². The Bertz CT molecular complexity index is 1200. The number of nitrogen functional groups attached to an aromatic ring is 1. The summed E-state index contributed by atoms with van der Waals surface area (Å²) in [7, 11) is 1.65. The van der Waals surface area contributed by atoms with Gasteiger partial charge in [0.05, 0.1) is 6.20 Å². The summed E-state index contributed by atoms with van der Waals surface area (Å²) in [4.78, 5) is 8.61. The minimum atomic E-state index is -0.620. The highest BCUT2D eigenvalue weighted by Crippen LogP contribution is 2.41. The van der Waals surface area contributed by atoms with Gasteiger partial charge >= 0.3 is 0 Å². The molecule has 3 aromatic rings. The lowest BCUT2D eigenvalue weighted by Gasteiger charge is -2.19. The van der Waals surface area contributed by atoms with Crippen molar-refractivity contribution in [3.8, 4) is 34.8 Å². The van der Waals surface area contributed by atoms with Crippen LogP contribution in [-0.2, 0) is 7.05 Å². The first-order valence-corrected chi connectivity index (χ1v) is 9.34. The number of hydrogen-bond donors (Lipinski definition) is 1. The standard InChI is InChI=1S/C20H17FN6O3/c1-9-11-5-10(21)3-4-14(11)29-15-6-16(15)30-19-17(13(7-22)27(2)26-19)12-8-24-18(23)20(25-12)28-9/h3-5,8-9,15-16H,6H2,1-2H3,(H2,23,24)/t9-,15?,16?/m1/s1. The van der Waals surface area contributed by atoms with Gasteiger partial charge in [-0.05, 0) is 25.1 Å². The lowest BCUT2D eigenvalue weighted by atomic mass is 10.1. The Morgan fingerprint density at radius 1 is 1.23 bits per heavy atom. The Morgan fingerprint density at radius 3 is 2.83 bits per heavy atom. The smallest absolute Gasteiger partial charge is 0.258 e. The summed E-state index contributed by atoms with van der Waals surface area (Å²) < 4.78 is 33.3. The van der Waals surface area contributed by atoms with Crippen LogP contribution < -0.4 is 19.9 Å². The second kappa shape index (κ2) is 6.59. The van der Waals surface area contributed by atoms with E-state index in [4.69, 9.17) is 19.9 Å². The highest BCUT2D eigenvalue weighted by Gasteiger charge is 2.44. The zero-order chi connectivity index (χ0) is 21.0. The van der Waals surface area contributed by atoms with Gasteiger partial charge in [-0.15, -0.1) is 5.10 Å². The van der Waals surface area contributed by atoms with Gasteiger partial charge in [0.2, 0.25) is 5.88 Å². The molecule has 0 amide bonds. The van der Waals surface area contributed by atoms with E-state index >= 15 is 0 Å². The second-order valence-electron chi connectivity index (χ2n) is 7.20. The molecule has 0 radical (unpaired) electrons. The maximum Gasteiger partial charge on any atom is 0.258 e. The fourth-order valence-electron chi connectivity index (χ4n) is 3.41. The number of aromatic nitrogens is 4. The highest BCUT2D eigenvalue weighted by molar-refractivity contribution is 5.72. The lowest BCUT2D eigenvalue weighted by molar-refractivity contribution is 0.188. The predicted octanol–water partition coefficient (Wildman–Crippen LogP) is 2.52. The third-order valence-electron chi connectivity index (χ3n) is 5.06. The normalized spacial score (nSPS) is 21.6. The third kappa shape index (κ3) is 2.95. The Hall–Kier alpha value is -3.87. The SMILES string of the molecule is C[C@H]1Oc2nc(cnc2N)-c2c(nn(C)c2C#N)OC2CC2Oc2ccc(F)cc21. The molecule has 5 rings (SSSR count). The summed E-state index contributed by atoms with van der Waals surface area (Å²) in [5.41, 5.74) is 7.48. The quantitative estimate of drug-likeness (QED) is 0.602. The molecule has 30 heavy (non-hydrogen) atoms. The molecule has 1 aromatic carbocycles. The number of benzene rings is 1. The van der Waals surface area contributed by atoms with Crippen LogP contribution in [0.2, 0.25) is 0 Å². The molecule has 10 heteroatoms. The van der Waals surface area contributed by atoms with E-state index in [0.29, 0.717) is 29.0 Å². The summed E-state index contributed by atoms with van der Waals surface area (Å²) >= 11 is 0. The van der Waals surface area contributed by atoms with Gasteiger partial charge in [-0.2, -0.15) is 5.26 Å². The van der Waals surface area contributed by atoms with Crippen LogP contribution in [0.3, 0.4) is 0 Å². The third-order valence-corrected chi connectivity index (χ3v) is 5.06. The number of anilines is 1. The first kappa shape index (κ1) is 18.2. The minimum Gasteiger partial charge on any atom is -0.486 e. The van der Waals surface area contributed by atoms with Crippen LogP contribution in [0.15, 0.2) is 24.4 Å². The molecule has 0 saturated heterocycles. The van der Waals surface area contributed by atoms with Gasteiger partial charge in [0.15, 0.2) is 11.5 Å². The van der Waals surface area contributed by atoms with Gasteiger partial charge in [-0.3, -0.25) is 4.68 Å². The van der Waals surface area contributed by atoms with Crippen LogP contribution in [0.1, 0.15) is 30.7 Å². The number of nitrogens with two attached hydrogens (primary N) is 1. The van der Waals surface area contributed by atoms with Gasteiger partial charge in [0.25, 0.3) is 5.88 Å². The summed E-state index contributed by atoms with van der Waals surface area (Å²) in [6.45, 7) is 1.74. The average molecular weight is 408 g/mol. The molecule has 1 saturated carbocycles. The molecule has 1 aliphatic carbocycles. The number of halogens is 1. The highest BCUT2D eigenvalue weighted by atomic mass is 19.1. The van der Waals surface area contributed by atoms with Crippen molar-refractivity contribution in [2.24, 2.45) is 7.05 Å². The Labute approximate surface area is 170 Å². The van der Waals surface area contributed by atoms with E-state index in [2.05, 4.69) is 21.1 Å². The Balaban J connectivity index is 1.68. The molecule has 1 aliphatic heterocycles. The fourth-order valence-corrected chi connectivity index (χ4v) is 3.41. The summed E-state index contributed by atoms with van der Waals surface area (Å²) in [5.74, 6) is 0.442. The zero-order valence-electron chi connectivity index (χ0n) is 16.2. The Kier molecular flexibility index (Phi) is 3.99. The van der Waals surface area contributed by atoms with Crippen molar-refractivity contribution in [3.05, 3.63) is 41.5 Å². The molecule has 3 heterocycles. The van der Waals surface area contributed by atoms with Crippen LogP contribution in [0, 0.1) is 17.1 Å². The van der Waals surface area contributed by atoms with Crippen LogP contribution >= 0.6 is 0 Å².